The zero-order valence-corrected chi connectivity index (χ0v) is 18.3. The van der Waals surface area contributed by atoms with Crippen LogP contribution in [-0.4, -0.2) is 53.7 Å². The van der Waals surface area contributed by atoms with Crippen LogP contribution in [0.4, 0.5) is 0 Å². The molecule has 5 nitrogen and oxygen atoms in total. The Morgan fingerprint density at radius 3 is 2.10 bits per heavy atom. The monoisotopic (exact) mass is 404 g/mol. The number of hydrogen-bond donors (Lipinski definition) is 0. The van der Waals surface area contributed by atoms with Crippen molar-refractivity contribution in [3.8, 4) is 22.5 Å². The number of likely N-dealkylation sites (tertiary alicyclic amines) is 1. The largest absolute Gasteiger partial charge is 0.339 e. The molecule has 5 heteroatoms. The Hall–Kier alpha value is -2.50. The maximum absolute atomic E-state index is 5.07. The van der Waals surface area contributed by atoms with Crippen molar-refractivity contribution in [3.63, 3.8) is 0 Å². The lowest BCUT2D eigenvalue weighted by Gasteiger charge is -2.32. The fraction of sp³-hybridized carbons (Fsp3) is 0.440. The van der Waals surface area contributed by atoms with E-state index in [9.17, 15) is 0 Å². The highest BCUT2D eigenvalue weighted by atomic mass is 16.5. The second kappa shape index (κ2) is 9.54. The van der Waals surface area contributed by atoms with Crippen molar-refractivity contribution in [1.82, 2.24) is 19.9 Å². The molecule has 0 radical (unpaired) electrons. The highest BCUT2D eigenvalue weighted by molar-refractivity contribution is 5.67. The van der Waals surface area contributed by atoms with Crippen molar-refractivity contribution in [1.29, 1.82) is 0 Å². The summed E-state index contributed by atoms with van der Waals surface area (Å²) in [5.74, 6) is 2.12. The summed E-state index contributed by atoms with van der Waals surface area (Å²) in [6.45, 7) is 6.51. The van der Waals surface area contributed by atoms with Gasteiger partial charge in [0.1, 0.15) is 0 Å². The molecule has 0 aliphatic carbocycles. The summed E-state index contributed by atoms with van der Waals surface area (Å²) < 4.78 is 5.07. The van der Waals surface area contributed by atoms with Crippen molar-refractivity contribution >= 4 is 0 Å². The van der Waals surface area contributed by atoms with Crippen LogP contribution >= 0.6 is 0 Å². The molecule has 0 N–H and O–H groups in total. The van der Waals surface area contributed by atoms with E-state index >= 15 is 0 Å². The van der Waals surface area contributed by atoms with Gasteiger partial charge in [-0.1, -0.05) is 53.7 Å². The van der Waals surface area contributed by atoms with Crippen LogP contribution in [0, 0.1) is 12.8 Å². The summed E-state index contributed by atoms with van der Waals surface area (Å²) >= 11 is 0. The molecule has 158 valence electrons. The number of aryl methyl sites for hydroxylation is 1. The van der Waals surface area contributed by atoms with Gasteiger partial charge >= 0.3 is 0 Å². The molecule has 2 aromatic carbocycles. The summed E-state index contributed by atoms with van der Waals surface area (Å²) in [5.41, 5.74) is 4.80. The molecule has 1 aliphatic rings. The van der Waals surface area contributed by atoms with E-state index in [0.717, 1.165) is 18.0 Å². The Morgan fingerprint density at radius 1 is 0.933 bits per heavy atom. The van der Waals surface area contributed by atoms with Crippen molar-refractivity contribution in [2.45, 2.75) is 32.7 Å². The molecule has 0 amide bonds. The fourth-order valence-electron chi connectivity index (χ4n) is 4.16. The number of rotatable bonds is 7. The van der Waals surface area contributed by atoms with Crippen LogP contribution in [0.3, 0.4) is 0 Å². The first-order chi connectivity index (χ1) is 14.6. The normalized spacial score (nSPS) is 15.7. The van der Waals surface area contributed by atoms with Gasteiger partial charge in [0.05, 0.1) is 0 Å². The van der Waals surface area contributed by atoms with E-state index in [1.54, 1.807) is 6.92 Å². The first-order valence-electron chi connectivity index (χ1n) is 10.9. The molecule has 4 rings (SSSR count). The summed E-state index contributed by atoms with van der Waals surface area (Å²) in [4.78, 5) is 9.19. The van der Waals surface area contributed by atoms with Crippen LogP contribution in [0.25, 0.3) is 22.5 Å². The van der Waals surface area contributed by atoms with Gasteiger partial charge in [-0.3, -0.25) is 4.90 Å². The summed E-state index contributed by atoms with van der Waals surface area (Å²) in [7, 11) is 4.34. The summed E-state index contributed by atoms with van der Waals surface area (Å²) in [6.07, 6.45) is 4.00. The molecule has 1 fully saturated rings. The van der Waals surface area contributed by atoms with E-state index in [1.165, 1.54) is 55.6 Å². The Morgan fingerprint density at radius 2 is 1.53 bits per heavy atom. The molecule has 30 heavy (non-hydrogen) atoms. The lowest BCUT2D eigenvalue weighted by Crippen LogP contribution is -2.34. The second-order valence-corrected chi connectivity index (χ2v) is 8.72. The predicted molar refractivity (Wildman–Crippen MR) is 121 cm³/mol. The first kappa shape index (κ1) is 20.8. The zero-order chi connectivity index (χ0) is 20.9. The van der Waals surface area contributed by atoms with Crippen LogP contribution in [0.2, 0.25) is 0 Å². The Kier molecular flexibility index (Phi) is 6.60. The number of benzene rings is 2. The summed E-state index contributed by atoms with van der Waals surface area (Å²) in [6, 6.07) is 17.3. The second-order valence-electron chi connectivity index (χ2n) is 8.72. The van der Waals surface area contributed by atoms with Crippen LogP contribution in [-0.2, 0) is 6.54 Å². The minimum Gasteiger partial charge on any atom is -0.339 e. The Balaban J connectivity index is 1.31. The van der Waals surface area contributed by atoms with Crippen LogP contribution < -0.4 is 0 Å². The minimum absolute atomic E-state index is 0.586. The van der Waals surface area contributed by atoms with Gasteiger partial charge in [-0.15, -0.1) is 0 Å². The van der Waals surface area contributed by atoms with Crippen LogP contribution in [0.1, 0.15) is 30.7 Å². The third-order valence-electron chi connectivity index (χ3n) is 6.06. The quantitative estimate of drug-likeness (QED) is 0.562. The van der Waals surface area contributed by atoms with Crippen LogP contribution in [0.15, 0.2) is 53.1 Å². The van der Waals surface area contributed by atoms with E-state index in [-0.39, 0.29) is 0 Å². The summed E-state index contributed by atoms with van der Waals surface area (Å²) in [5, 5.41) is 3.99. The Labute approximate surface area is 179 Å². The van der Waals surface area contributed by atoms with Gasteiger partial charge in [-0.25, -0.2) is 0 Å². The molecule has 3 aromatic rings. The molecular weight excluding hydrogens is 372 g/mol. The molecule has 0 unspecified atom stereocenters. The van der Waals surface area contributed by atoms with Crippen molar-refractivity contribution in [2.24, 2.45) is 5.92 Å². The maximum atomic E-state index is 5.07. The average molecular weight is 405 g/mol. The average Bonchev–Trinajstić information content (AvgIpc) is 3.20. The third kappa shape index (κ3) is 5.35. The van der Waals surface area contributed by atoms with E-state index < -0.39 is 0 Å². The Bertz CT molecular complexity index is 923. The standard InChI is InChI=1S/C25H32N4O/c1-19-26-25(27-30-19)24-10-8-23(9-11-24)22-6-4-21(5-7-22)18-29-16-13-20(14-17-29)12-15-28(2)3/h4-11,20H,12-18H2,1-3H3. The lowest BCUT2D eigenvalue weighted by atomic mass is 9.93. The van der Waals surface area contributed by atoms with Gasteiger partial charge in [0.2, 0.25) is 11.7 Å². The number of hydrogen-bond acceptors (Lipinski definition) is 5. The molecule has 0 atom stereocenters. The van der Waals surface area contributed by atoms with Crippen molar-refractivity contribution in [3.05, 3.63) is 60.0 Å². The fourth-order valence-corrected chi connectivity index (χ4v) is 4.16. The van der Waals surface area contributed by atoms with Gasteiger partial charge < -0.3 is 9.42 Å². The molecule has 1 aliphatic heterocycles. The minimum atomic E-state index is 0.586. The zero-order valence-electron chi connectivity index (χ0n) is 18.3. The highest BCUT2D eigenvalue weighted by Crippen LogP contribution is 2.25. The van der Waals surface area contributed by atoms with Crippen molar-refractivity contribution < 1.29 is 4.52 Å². The molecule has 0 spiro atoms. The number of piperidine rings is 1. The number of aromatic nitrogens is 2. The van der Waals surface area contributed by atoms with E-state index in [4.69, 9.17) is 4.52 Å². The molecule has 2 heterocycles. The lowest BCUT2D eigenvalue weighted by molar-refractivity contribution is 0.166. The molecule has 1 saturated heterocycles. The number of nitrogens with zero attached hydrogens (tertiary/aromatic N) is 4. The van der Waals surface area contributed by atoms with Gasteiger partial charge in [-0.2, -0.15) is 4.98 Å². The van der Waals surface area contributed by atoms with Gasteiger partial charge in [0, 0.05) is 19.0 Å². The topological polar surface area (TPSA) is 45.4 Å². The van der Waals surface area contributed by atoms with Crippen molar-refractivity contribution in [2.75, 3.05) is 33.7 Å². The predicted octanol–water partition coefficient (Wildman–Crippen LogP) is 4.88. The van der Waals surface area contributed by atoms with Gasteiger partial charge in [-0.05, 0) is 75.6 Å². The molecular formula is C25H32N4O. The molecule has 0 saturated carbocycles. The third-order valence-corrected chi connectivity index (χ3v) is 6.06. The van der Waals surface area contributed by atoms with Gasteiger partial charge in [0.25, 0.3) is 0 Å². The van der Waals surface area contributed by atoms with E-state index in [1.807, 2.05) is 12.1 Å². The van der Waals surface area contributed by atoms with Gasteiger partial charge in [0.15, 0.2) is 0 Å². The van der Waals surface area contributed by atoms with Crippen LogP contribution in [0.5, 0.6) is 0 Å². The SMILES string of the molecule is Cc1nc(-c2ccc(-c3ccc(CN4CCC(CCN(C)C)CC4)cc3)cc2)no1. The van der Waals surface area contributed by atoms with E-state index in [2.05, 4.69) is 70.4 Å². The van der Waals surface area contributed by atoms with E-state index in [0.29, 0.717) is 11.7 Å². The highest BCUT2D eigenvalue weighted by Gasteiger charge is 2.19. The molecule has 0 bridgehead atoms. The smallest absolute Gasteiger partial charge is 0.223 e. The maximum Gasteiger partial charge on any atom is 0.223 e. The first-order valence-corrected chi connectivity index (χ1v) is 10.9. The molecule has 1 aromatic heterocycles.